The van der Waals surface area contributed by atoms with Crippen LogP contribution in [0.4, 0.5) is 0 Å². The largest absolute Gasteiger partial charge is 0.309 e. The van der Waals surface area contributed by atoms with E-state index in [0.717, 1.165) is 16.8 Å². The summed E-state index contributed by atoms with van der Waals surface area (Å²) >= 11 is 5.09. The molecule has 0 aliphatic heterocycles. The normalized spacial score (nSPS) is 10.9. The van der Waals surface area contributed by atoms with Crippen LogP contribution in [0, 0.1) is 0 Å². The van der Waals surface area contributed by atoms with E-state index in [1.165, 1.54) is 5.01 Å². The molecule has 1 aromatic heterocycles. The van der Waals surface area contributed by atoms with Gasteiger partial charge in [0.25, 0.3) is 0 Å². The first kappa shape index (κ1) is 9.16. The monoisotopic (exact) mass is 234 g/mol. The van der Waals surface area contributed by atoms with Crippen LogP contribution in [-0.4, -0.2) is 30.5 Å². The van der Waals surface area contributed by atoms with E-state index in [2.05, 4.69) is 39.9 Å². The second-order valence-corrected chi connectivity index (χ2v) is 5.11. The second kappa shape index (κ2) is 4.18. The van der Waals surface area contributed by atoms with E-state index in [-0.39, 0.29) is 0 Å². The summed E-state index contributed by atoms with van der Waals surface area (Å²) in [6, 6.07) is 0. The summed E-state index contributed by atoms with van der Waals surface area (Å²) in [7, 11) is 4.14. The summed E-state index contributed by atoms with van der Waals surface area (Å²) in [5, 5.41) is 1.20. The van der Waals surface area contributed by atoms with Crippen molar-refractivity contribution in [2.45, 2.75) is 6.42 Å². The molecule has 0 aliphatic rings. The lowest BCUT2D eigenvalue weighted by atomic mass is 10.4. The van der Waals surface area contributed by atoms with Crippen LogP contribution in [0.5, 0.6) is 0 Å². The molecule has 4 heteroatoms. The van der Waals surface area contributed by atoms with Gasteiger partial charge >= 0.3 is 0 Å². The van der Waals surface area contributed by atoms with E-state index >= 15 is 0 Å². The van der Waals surface area contributed by atoms with Crippen LogP contribution in [0.3, 0.4) is 0 Å². The molecule has 1 rings (SSSR count). The van der Waals surface area contributed by atoms with Crippen molar-refractivity contribution in [2.24, 2.45) is 0 Å². The third-order valence-corrected chi connectivity index (χ3v) is 2.83. The summed E-state index contributed by atoms with van der Waals surface area (Å²) in [5.74, 6) is 0. The molecule has 0 radical (unpaired) electrons. The molecule has 0 fully saturated rings. The van der Waals surface area contributed by atoms with E-state index in [9.17, 15) is 0 Å². The Kier molecular flexibility index (Phi) is 3.48. The lowest BCUT2D eigenvalue weighted by molar-refractivity contribution is 0.413. The predicted octanol–water partition coefficient (Wildman–Crippen LogP) is 2.01. The van der Waals surface area contributed by atoms with Gasteiger partial charge in [-0.1, -0.05) is 0 Å². The molecule has 0 amide bonds. The maximum Gasteiger partial charge on any atom is 0.0949 e. The number of hydrogen-bond acceptors (Lipinski definition) is 3. The van der Waals surface area contributed by atoms with Crippen LogP contribution >= 0.6 is 27.3 Å². The summed E-state index contributed by atoms with van der Waals surface area (Å²) in [6.07, 6.45) is 2.90. The number of hydrogen-bond donors (Lipinski definition) is 0. The maximum absolute atomic E-state index is 4.23. The number of thiazole rings is 1. The van der Waals surface area contributed by atoms with Gasteiger partial charge in [0, 0.05) is 13.0 Å². The molecule has 0 bridgehead atoms. The molecule has 11 heavy (non-hydrogen) atoms. The Labute approximate surface area is 79.4 Å². The van der Waals surface area contributed by atoms with Crippen LogP contribution in [0.15, 0.2) is 9.98 Å². The van der Waals surface area contributed by atoms with Crippen LogP contribution < -0.4 is 0 Å². The molecule has 0 aliphatic carbocycles. The van der Waals surface area contributed by atoms with E-state index in [1.54, 1.807) is 11.3 Å². The summed E-state index contributed by atoms with van der Waals surface area (Å²) in [4.78, 5) is 6.39. The van der Waals surface area contributed by atoms with Crippen LogP contribution in [0.2, 0.25) is 0 Å². The topological polar surface area (TPSA) is 16.1 Å². The Bertz CT molecular complexity index is 222. The molecule has 62 valence electrons. The minimum absolute atomic E-state index is 1.04. The maximum atomic E-state index is 4.23. The van der Waals surface area contributed by atoms with Crippen molar-refractivity contribution in [3.63, 3.8) is 0 Å². The highest BCUT2D eigenvalue weighted by atomic mass is 79.9. The van der Waals surface area contributed by atoms with Gasteiger partial charge in [-0.15, -0.1) is 11.3 Å². The second-order valence-electron chi connectivity index (χ2n) is 2.61. The van der Waals surface area contributed by atoms with Crippen molar-refractivity contribution < 1.29 is 0 Å². The van der Waals surface area contributed by atoms with Gasteiger partial charge in [0.1, 0.15) is 0 Å². The fraction of sp³-hybridized carbons (Fsp3) is 0.571. The first-order chi connectivity index (χ1) is 5.18. The summed E-state index contributed by atoms with van der Waals surface area (Å²) < 4.78 is 1.12. The third-order valence-electron chi connectivity index (χ3n) is 1.30. The quantitative estimate of drug-likeness (QED) is 0.796. The average Bonchev–Trinajstić information content (AvgIpc) is 2.31. The molecule has 0 saturated heterocycles. The van der Waals surface area contributed by atoms with Gasteiger partial charge in [-0.2, -0.15) is 0 Å². The smallest absolute Gasteiger partial charge is 0.0949 e. The van der Waals surface area contributed by atoms with E-state index in [0.29, 0.717) is 0 Å². The van der Waals surface area contributed by atoms with Crippen molar-refractivity contribution in [3.05, 3.63) is 15.0 Å². The molecular weight excluding hydrogens is 224 g/mol. The third kappa shape index (κ3) is 3.31. The Morgan fingerprint density at radius 2 is 2.36 bits per heavy atom. The van der Waals surface area contributed by atoms with Crippen molar-refractivity contribution in [2.75, 3.05) is 20.6 Å². The first-order valence-electron chi connectivity index (χ1n) is 3.43. The molecule has 2 nitrogen and oxygen atoms in total. The fourth-order valence-corrected chi connectivity index (χ4v) is 2.02. The minimum atomic E-state index is 1.04. The zero-order chi connectivity index (χ0) is 8.27. The first-order valence-corrected chi connectivity index (χ1v) is 5.04. The molecule has 0 unspecified atom stereocenters. The molecule has 1 aromatic rings. The van der Waals surface area contributed by atoms with Crippen LogP contribution in [0.1, 0.15) is 5.01 Å². The highest BCUT2D eigenvalue weighted by Crippen LogP contribution is 2.19. The van der Waals surface area contributed by atoms with Gasteiger partial charge in [-0.25, -0.2) is 4.98 Å². The van der Waals surface area contributed by atoms with E-state index < -0.39 is 0 Å². The Morgan fingerprint density at radius 3 is 2.82 bits per heavy atom. The van der Waals surface area contributed by atoms with Gasteiger partial charge in [-0.05, 0) is 30.0 Å². The zero-order valence-electron chi connectivity index (χ0n) is 6.67. The SMILES string of the molecule is CN(C)CCc1ncc(Br)s1. The highest BCUT2D eigenvalue weighted by Gasteiger charge is 1.99. The molecule has 0 saturated carbocycles. The lowest BCUT2D eigenvalue weighted by Crippen LogP contribution is -2.14. The van der Waals surface area contributed by atoms with Crippen LogP contribution in [-0.2, 0) is 6.42 Å². The van der Waals surface area contributed by atoms with Crippen LogP contribution in [0.25, 0.3) is 0 Å². The average molecular weight is 235 g/mol. The molecule has 0 aromatic carbocycles. The molecule has 0 atom stereocenters. The Morgan fingerprint density at radius 1 is 1.64 bits per heavy atom. The number of halogens is 1. The Balaban J connectivity index is 2.39. The van der Waals surface area contributed by atoms with Gasteiger partial charge in [-0.3, -0.25) is 0 Å². The van der Waals surface area contributed by atoms with Crippen molar-refractivity contribution in [1.29, 1.82) is 0 Å². The van der Waals surface area contributed by atoms with Gasteiger partial charge < -0.3 is 4.90 Å². The van der Waals surface area contributed by atoms with Gasteiger partial charge in [0.2, 0.25) is 0 Å². The van der Waals surface area contributed by atoms with Gasteiger partial charge in [0.15, 0.2) is 0 Å². The number of nitrogens with zero attached hydrogens (tertiary/aromatic N) is 2. The van der Waals surface area contributed by atoms with Gasteiger partial charge in [0.05, 0.1) is 15.0 Å². The summed E-state index contributed by atoms with van der Waals surface area (Å²) in [5.41, 5.74) is 0. The predicted molar refractivity (Wildman–Crippen MR) is 52.1 cm³/mol. The lowest BCUT2D eigenvalue weighted by Gasteiger charge is -2.06. The minimum Gasteiger partial charge on any atom is -0.309 e. The number of rotatable bonds is 3. The standard InChI is InChI=1S/C7H11BrN2S/c1-10(2)4-3-7-9-5-6(8)11-7/h5H,3-4H2,1-2H3. The zero-order valence-corrected chi connectivity index (χ0v) is 9.07. The molecular formula is C7H11BrN2S. The molecule has 0 spiro atoms. The number of likely N-dealkylation sites (N-methyl/N-ethyl adjacent to an activating group) is 1. The van der Waals surface area contributed by atoms with Crippen molar-refractivity contribution >= 4 is 27.3 Å². The van der Waals surface area contributed by atoms with E-state index in [4.69, 9.17) is 0 Å². The van der Waals surface area contributed by atoms with Crippen molar-refractivity contribution in [1.82, 2.24) is 9.88 Å². The van der Waals surface area contributed by atoms with E-state index in [1.807, 2.05) is 6.20 Å². The number of aromatic nitrogens is 1. The molecule has 1 heterocycles. The van der Waals surface area contributed by atoms with Crippen molar-refractivity contribution in [3.8, 4) is 0 Å². The highest BCUT2D eigenvalue weighted by molar-refractivity contribution is 9.11. The fourth-order valence-electron chi connectivity index (χ4n) is 0.723. The Hall–Kier alpha value is 0.0700. The summed E-state index contributed by atoms with van der Waals surface area (Å²) in [6.45, 7) is 1.07. The molecule has 0 N–H and O–H groups in total.